The van der Waals surface area contributed by atoms with E-state index in [1.807, 2.05) is 0 Å². The van der Waals surface area contributed by atoms with Gasteiger partial charge in [0.05, 0.1) is 11.4 Å². The van der Waals surface area contributed by atoms with E-state index in [9.17, 15) is 0 Å². The maximum absolute atomic E-state index is 3.97. The van der Waals surface area contributed by atoms with Crippen molar-refractivity contribution >= 4 is 11.4 Å². The van der Waals surface area contributed by atoms with Gasteiger partial charge in [0.2, 0.25) is 6.67 Å². The lowest BCUT2D eigenvalue weighted by Gasteiger charge is -2.57. The highest BCUT2D eigenvalue weighted by Crippen LogP contribution is 2.63. The van der Waals surface area contributed by atoms with Crippen molar-refractivity contribution in [2.24, 2.45) is 35.5 Å². The Balaban J connectivity index is 1.09. The van der Waals surface area contributed by atoms with Crippen LogP contribution in [0.25, 0.3) is 0 Å². The molecule has 0 spiro atoms. The van der Waals surface area contributed by atoms with Crippen LogP contribution in [-0.2, 0) is 10.8 Å². The Bertz CT molecular complexity index is 1390. The lowest BCUT2D eigenvalue weighted by Crippen LogP contribution is -2.48. The predicted molar refractivity (Wildman–Crippen MR) is 206 cm³/mol. The van der Waals surface area contributed by atoms with Crippen LogP contribution in [0.3, 0.4) is 0 Å². The van der Waals surface area contributed by atoms with Crippen LogP contribution in [0.2, 0.25) is 0 Å². The van der Waals surface area contributed by atoms with Crippen LogP contribution in [0.5, 0.6) is 0 Å². The normalized spacial score (nSPS) is 35.8. The Hall–Kier alpha value is -2.22. The standard InChI is InChI=1S/C47H64N2/c1-28(2)40-17-38(46-21-32-11-33(22-46)13-34(12-32)23-46)18-41(29(3)4)44(40)48-9-10-49(27-48)45-42(30(5)6)19-39(20-43(45)31(7)8)47-24-35-14-36(25-47)16-37(15-35)26-47/h9-10,17-20,28-37H,11-16,21-26H2,1-8H3. The topological polar surface area (TPSA) is 6.48 Å². The van der Waals surface area contributed by atoms with Crippen molar-refractivity contribution in [2.45, 2.75) is 167 Å². The molecule has 1 heterocycles. The monoisotopic (exact) mass is 657 g/mol. The van der Waals surface area contributed by atoms with Gasteiger partial charge in [0, 0.05) is 12.4 Å². The molecule has 0 atom stereocenters. The van der Waals surface area contributed by atoms with Crippen molar-refractivity contribution in [3.8, 4) is 0 Å². The molecule has 2 nitrogen and oxygen atoms in total. The number of hydrogen-bond donors (Lipinski definition) is 0. The van der Waals surface area contributed by atoms with Crippen LogP contribution >= 0.6 is 0 Å². The Morgan fingerprint density at radius 3 is 0.918 bits per heavy atom. The molecule has 11 rings (SSSR count). The van der Waals surface area contributed by atoms with Gasteiger partial charge >= 0.3 is 0 Å². The minimum atomic E-state index is 0.414. The van der Waals surface area contributed by atoms with E-state index in [2.05, 4.69) is 109 Å². The fraction of sp³-hybridized carbons (Fsp3) is 0.681. The van der Waals surface area contributed by atoms with Gasteiger partial charge in [0.25, 0.3) is 0 Å². The SMILES string of the molecule is CC(C)c1cc(C23CC4CC(CC(C4)C2)C3)cc(C(C)C)c1N1[C]N(c2c(C(C)C)cc(C34CC5CC(CC(C5)C3)C4)cc2C(C)C)C=C1. The van der Waals surface area contributed by atoms with Gasteiger partial charge in [0.1, 0.15) is 0 Å². The van der Waals surface area contributed by atoms with Gasteiger partial charge < -0.3 is 9.80 Å². The minimum Gasteiger partial charge on any atom is -0.315 e. The molecular weight excluding hydrogens is 593 g/mol. The van der Waals surface area contributed by atoms with Gasteiger partial charge in [-0.05, 0) is 180 Å². The van der Waals surface area contributed by atoms with E-state index in [-0.39, 0.29) is 0 Å². The van der Waals surface area contributed by atoms with Crippen molar-refractivity contribution in [3.05, 3.63) is 76.7 Å². The molecule has 2 heteroatoms. The van der Waals surface area contributed by atoms with E-state index in [0.717, 1.165) is 35.5 Å². The van der Waals surface area contributed by atoms with E-state index in [1.165, 1.54) is 111 Å². The summed E-state index contributed by atoms with van der Waals surface area (Å²) in [5, 5.41) is 0. The zero-order chi connectivity index (χ0) is 34.0. The van der Waals surface area contributed by atoms with Crippen LogP contribution in [0.4, 0.5) is 11.4 Å². The molecule has 0 saturated heterocycles. The molecule has 49 heavy (non-hydrogen) atoms. The number of hydrogen-bond acceptors (Lipinski definition) is 2. The minimum absolute atomic E-state index is 0.414. The van der Waals surface area contributed by atoms with Crippen molar-refractivity contribution < 1.29 is 0 Å². The number of rotatable bonds is 8. The molecule has 0 amide bonds. The molecule has 8 saturated carbocycles. The average Bonchev–Trinajstić information content (AvgIpc) is 3.52. The summed E-state index contributed by atoms with van der Waals surface area (Å²) >= 11 is 0. The first-order valence-electron chi connectivity index (χ1n) is 20.8. The smallest absolute Gasteiger partial charge is 0.217 e. The van der Waals surface area contributed by atoms with E-state index in [1.54, 1.807) is 11.1 Å². The lowest BCUT2D eigenvalue weighted by molar-refractivity contribution is -0.00537. The van der Waals surface area contributed by atoms with Gasteiger partial charge in [-0.15, -0.1) is 0 Å². The molecule has 0 aromatic heterocycles. The van der Waals surface area contributed by atoms with E-state index >= 15 is 0 Å². The van der Waals surface area contributed by atoms with Crippen molar-refractivity contribution in [2.75, 3.05) is 9.80 Å². The first kappa shape index (κ1) is 32.7. The molecule has 2 aromatic carbocycles. The largest absolute Gasteiger partial charge is 0.315 e. The Labute approximate surface area is 299 Å². The highest BCUT2D eigenvalue weighted by atomic mass is 15.3. The zero-order valence-corrected chi connectivity index (χ0v) is 32.1. The lowest BCUT2D eigenvalue weighted by atomic mass is 9.48. The van der Waals surface area contributed by atoms with Crippen molar-refractivity contribution in [1.29, 1.82) is 0 Å². The number of benzene rings is 2. The van der Waals surface area contributed by atoms with Crippen LogP contribution < -0.4 is 9.80 Å². The summed E-state index contributed by atoms with van der Waals surface area (Å²) in [4.78, 5) is 4.77. The second-order valence-electron chi connectivity index (χ2n) is 20.2. The van der Waals surface area contributed by atoms with Gasteiger partial charge in [-0.25, -0.2) is 0 Å². The van der Waals surface area contributed by atoms with Crippen LogP contribution in [0, 0.1) is 42.2 Å². The van der Waals surface area contributed by atoms with Gasteiger partial charge in [-0.2, -0.15) is 0 Å². The number of anilines is 2. The molecule has 8 bridgehead atoms. The maximum atomic E-state index is 3.97. The predicted octanol–water partition coefficient (Wildman–Crippen LogP) is 12.9. The van der Waals surface area contributed by atoms with E-state index in [0.29, 0.717) is 34.5 Å². The molecule has 2 radical (unpaired) electrons. The Morgan fingerprint density at radius 2 is 0.694 bits per heavy atom. The van der Waals surface area contributed by atoms with Gasteiger partial charge in [-0.3, -0.25) is 0 Å². The molecule has 1 aliphatic heterocycles. The zero-order valence-electron chi connectivity index (χ0n) is 32.1. The summed E-state index contributed by atoms with van der Waals surface area (Å²) in [6.45, 7) is 23.3. The van der Waals surface area contributed by atoms with E-state index in [4.69, 9.17) is 0 Å². The third-order valence-electron chi connectivity index (χ3n) is 15.2. The molecule has 8 aliphatic carbocycles. The Morgan fingerprint density at radius 1 is 0.449 bits per heavy atom. The summed E-state index contributed by atoms with van der Waals surface area (Å²) in [6.07, 6.45) is 22.2. The second-order valence-corrected chi connectivity index (χ2v) is 20.2. The molecule has 9 aliphatic rings. The van der Waals surface area contributed by atoms with Crippen LogP contribution in [-0.4, -0.2) is 0 Å². The quantitative estimate of drug-likeness (QED) is 0.279. The summed E-state index contributed by atoms with van der Waals surface area (Å²) < 4.78 is 0. The molecular formula is C47H64N2. The fourth-order valence-corrected chi connectivity index (χ4v) is 13.8. The van der Waals surface area contributed by atoms with Crippen LogP contribution in [0.15, 0.2) is 36.7 Å². The fourth-order valence-electron chi connectivity index (χ4n) is 13.8. The Kier molecular flexibility index (Phi) is 7.77. The number of nitrogens with zero attached hydrogens (tertiary/aromatic N) is 2. The summed E-state index contributed by atoms with van der Waals surface area (Å²) in [7, 11) is 0. The molecule has 8 fully saturated rings. The highest BCUT2D eigenvalue weighted by Gasteiger charge is 2.53. The summed E-state index contributed by atoms with van der Waals surface area (Å²) in [6, 6.07) is 10.7. The third-order valence-corrected chi connectivity index (χ3v) is 15.2. The van der Waals surface area contributed by atoms with Crippen molar-refractivity contribution in [3.63, 3.8) is 0 Å². The highest BCUT2D eigenvalue weighted by molar-refractivity contribution is 5.74. The van der Waals surface area contributed by atoms with Gasteiger partial charge in [0.15, 0.2) is 0 Å². The molecule has 262 valence electrons. The van der Waals surface area contributed by atoms with Crippen molar-refractivity contribution in [1.82, 2.24) is 0 Å². The average molecular weight is 657 g/mol. The summed E-state index contributed by atoms with van der Waals surface area (Å²) in [5.41, 5.74) is 13.0. The molecule has 2 aromatic rings. The third kappa shape index (κ3) is 5.29. The van der Waals surface area contributed by atoms with E-state index < -0.39 is 0 Å². The first-order valence-corrected chi connectivity index (χ1v) is 20.8. The first-order chi connectivity index (χ1) is 23.4. The second kappa shape index (κ2) is 11.6. The molecule has 0 unspecified atom stereocenters. The summed E-state index contributed by atoms with van der Waals surface area (Å²) in [5.74, 6) is 7.63. The maximum Gasteiger partial charge on any atom is 0.217 e. The van der Waals surface area contributed by atoms with Crippen LogP contribution in [0.1, 0.15) is 189 Å². The molecule has 0 N–H and O–H groups in total. The van der Waals surface area contributed by atoms with Gasteiger partial charge in [-0.1, -0.05) is 79.7 Å².